The van der Waals surface area contributed by atoms with Crippen LogP contribution in [0.2, 0.25) is 0 Å². The Morgan fingerprint density at radius 2 is 2.29 bits per heavy atom. The van der Waals surface area contributed by atoms with E-state index in [0.717, 1.165) is 25.2 Å². The predicted octanol–water partition coefficient (Wildman–Crippen LogP) is 2.32. The molecule has 0 bridgehead atoms. The fourth-order valence-corrected chi connectivity index (χ4v) is 3.88. The summed E-state index contributed by atoms with van der Waals surface area (Å²) in [6, 6.07) is 3.18. The second kappa shape index (κ2) is 6.08. The van der Waals surface area contributed by atoms with Crippen molar-refractivity contribution in [3.05, 3.63) is 0 Å². The summed E-state index contributed by atoms with van der Waals surface area (Å²) in [6.07, 6.45) is 6.98. The molecule has 96 valence electrons. The summed E-state index contributed by atoms with van der Waals surface area (Å²) in [7, 11) is 1.75. The van der Waals surface area contributed by atoms with E-state index in [1.807, 2.05) is 11.8 Å². The summed E-state index contributed by atoms with van der Waals surface area (Å²) in [5.74, 6) is 1.05. The van der Waals surface area contributed by atoms with Crippen molar-refractivity contribution in [2.24, 2.45) is 0 Å². The van der Waals surface area contributed by atoms with Crippen molar-refractivity contribution >= 4 is 11.8 Å². The van der Waals surface area contributed by atoms with Crippen LogP contribution in [0.15, 0.2) is 0 Å². The lowest BCUT2D eigenvalue weighted by atomic mass is 9.82. The van der Waals surface area contributed by atoms with Gasteiger partial charge in [0.2, 0.25) is 0 Å². The number of ether oxygens (including phenoxy) is 1. The number of hydrogen-bond donors (Lipinski definition) is 1. The highest BCUT2D eigenvalue weighted by molar-refractivity contribution is 7.99. The third kappa shape index (κ3) is 3.87. The zero-order valence-electron chi connectivity index (χ0n) is 10.6. The highest BCUT2D eigenvalue weighted by Crippen LogP contribution is 2.37. The highest BCUT2D eigenvalue weighted by Gasteiger charge is 2.40. The number of hydrogen-bond acceptors (Lipinski definition) is 4. The van der Waals surface area contributed by atoms with Crippen LogP contribution in [0, 0.1) is 11.3 Å². The monoisotopic (exact) mass is 254 g/mol. The van der Waals surface area contributed by atoms with E-state index in [1.54, 1.807) is 7.11 Å². The summed E-state index contributed by atoms with van der Waals surface area (Å²) in [4.78, 5) is 0. The van der Waals surface area contributed by atoms with Crippen molar-refractivity contribution in [1.82, 2.24) is 5.32 Å². The minimum Gasteiger partial charge on any atom is -0.384 e. The largest absolute Gasteiger partial charge is 0.384 e. The van der Waals surface area contributed by atoms with E-state index in [0.29, 0.717) is 11.3 Å². The first kappa shape index (κ1) is 13.2. The second-order valence-corrected chi connectivity index (χ2v) is 6.60. The van der Waals surface area contributed by atoms with Gasteiger partial charge in [-0.15, -0.1) is 0 Å². The molecule has 2 unspecified atom stereocenters. The average Bonchev–Trinajstić information content (AvgIpc) is 3.14. The molecule has 2 saturated carbocycles. The topological polar surface area (TPSA) is 45.0 Å². The van der Waals surface area contributed by atoms with Crippen molar-refractivity contribution in [3.63, 3.8) is 0 Å². The lowest BCUT2D eigenvalue weighted by Gasteiger charge is -2.36. The van der Waals surface area contributed by atoms with Gasteiger partial charge in [-0.25, -0.2) is 0 Å². The molecular formula is C13H22N2OS. The van der Waals surface area contributed by atoms with Gasteiger partial charge in [0.25, 0.3) is 0 Å². The number of nitrogens with zero attached hydrogens (tertiary/aromatic N) is 1. The van der Waals surface area contributed by atoms with Crippen LogP contribution in [0.3, 0.4) is 0 Å². The Balaban J connectivity index is 1.83. The second-order valence-electron chi connectivity index (χ2n) is 5.19. The Bertz CT molecular complexity index is 288. The normalized spacial score (nSPS) is 33.3. The molecule has 0 radical (unpaired) electrons. The number of nitriles is 1. The van der Waals surface area contributed by atoms with Gasteiger partial charge in [-0.05, 0) is 38.5 Å². The van der Waals surface area contributed by atoms with Crippen LogP contribution in [0.4, 0.5) is 0 Å². The summed E-state index contributed by atoms with van der Waals surface area (Å²) in [6.45, 7) is 0.816. The van der Waals surface area contributed by atoms with Gasteiger partial charge in [-0.2, -0.15) is 17.0 Å². The number of nitrogens with one attached hydrogen (secondary N) is 1. The van der Waals surface area contributed by atoms with Gasteiger partial charge in [0.15, 0.2) is 0 Å². The van der Waals surface area contributed by atoms with Crippen molar-refractivity contribution in [2.45, 2.75) is 55.4 Å². The van der Waals surface area contributed by atoms with Crippen LogP contribution in [-0.4, -0.2) is 36.3 Å². The molecule has 17 heavy (non-hydrogen) atoms. The van der Waals surface area contributed by atoms with E-state index >= 15 is 0 Å². The molecule has 0 spiro atoms. The van der Waals surface area contributed by atoms with Crippen molar-refractivity contribution < 1.29 is 4.74 Å². The lowest BCUT2D eigenvalue weighted by molar-refractivity contribution is 0.218. The van der Waals surface area contributed by atoms with Crippen LogP contribution in [0.5, 0.6) is 0 Å². The molecule has 2 fully saturated rings. The van der Waals surface area contributed by atoms with E-state index in [4.69, 9.17) is 4.74 Å². The smallest absolute Gasteiger partial charge is 0.108 e. The molecule has 0 heterocycles. The molecular weight excluding hydrogens is 232 g/mol. The van der Waals surface area contributed by atoms with E-state index in [-0.39, 0.29) is 5.54 Å². The Labute approximate surface area is 108 Å². The lowest BCUT2D eigenvalue weighted by Crippen LogP contribution is -2.49. The Hall–Kier alpha value is -0.240. The third-order valence-corrected chi connectivity index (χ3v) is 4.89. The SMILES string of the molecule is COCCSC1CCCC(C#N)(NC2CC2)C1. The van der Waals surface area contributed by atoms with Gasteiger partial charge in [0, 0.05) is 24.2 Å². The minimum atomic E-state index is -0.232. The fourth-order valence-electron chi connectivity index (χ4n) is 2.55. The zero-order valence-corrected chi connectivity index (χ0v) is 11.4. The summed E-state index contributed by atoms with van der Waals surface area (Å²) >= 11 is 1.97. The molecule has 2 aliphatic carbocycles. The quantitative estimate of drug-likeness (QED) is 0.739. The molecule has 0 aromatic rings. The number of rotatable bonds is 6. The van der Waals surface area contributed by atoms with Crippen molar-refractivity contribution in [3.8, 4) is 6.07 Å². The highest BCUT2D eigenvalue weighted by atomic mass is 32.2. The minimum absolute atomic E-state index is 0.232. The molecule has 3 nitrogen and oxygen atoms in total. The van der Waals surface area contributed by atoms with Crippen LogP contribution in [0.1, 0.15) is 38.5 Å². The van der Waals surface area contributed by atoms with Crippen LogP contribution < -0.4 is 5.32 Å². The molecule has 1 N–H and O–H groups in total. The Kier molecular flexibility index (Phi) is 4.72. The first-order valence-electron chi connectivity index (χ1n) is 6.57. The average molecular weight is 254 g/mol. The van der Waals surface area contributed by atoms with Crippen LogP contribution in [0.25, 0.3) is 0 Å². The number of methoxy groups -OCH3 is 1. The van der Waals surface area contributed by atoms with Crippen molar-refractivity contribution in [2.75, 3.05) is 19.5 Å². The Morgan fingerprint density at radius 1 is 1.47 bits per heavy atom. The van der Waals surface area contributed by atoms with E-state index in [2.05, 4.69) is 11.4 Å². The standard InChI is InChI=1S/C13H22N2OS/c1-16-7-8-17-12-3-2-6-13(9-12,10-14)15-11-4-5-11/h11-12,15H,2-9H2,1H3. The van der Waals surface area contributed by atoms with Crippen LogP contribution in [-0.2, 0) is 4.74 Å². The van der Waals surface area contributed by atoms with E-state index in [1.165, 1.54) is 25.7 Å². The van der Waals surface area contributed by atoms with Gasteiger partial charge < -0.3 is 4.74 Å². The maximum Gasteiger partial charge on any atom is 0.108 e. The predicted molar refractivity (Wildman–Crippen MR) is 71.1 cm³/mol. The molecule has 0 aliphatic heterocycles. The van der Waals surface area contributed by atoms with Crippen LogP contribution >= 0.6 is 11.8 Å². The fraction of sp³-hybridized carbons (Fsp3) is 0.923. The van der Waals surface area contributed by atoms with E-state index < -0.39 is 0 Å². The van der Waals surface area contributed by atoms with Gasteiger partial charge in [-0.3, -0.25) is 5.32 Å². The maximum absolute atomic E-state index is 9.46. The van der Waals surface area contributed by atoms with Gasteiger partial charge in [0.05, 0.1) is 12.7 Å². The van der Waals surface area contributed by atoms with Gasteiger partial charge in [-0.1, -0.05) is 0 Å². The molecule has 0 aromatic heterocycles. The zero-order chi connectivity index (χ0) is 12.1. The third-order valence-electron chi connectivity index (χ3n) is 3.62. The first-order chi connectivity index (χ1) is 8.28. The summed E-state index contributed by atoms with van der Waals surface area (Å²) < 4.78 is 5.08. The molecule has 0 saturated heterocycles. The van der Waals surface area contributed by atoms with Gasteiger partial charge >= 0.3 is 0 Å². The van der Waals surface area contributed by atoms with Crippen molar-refractivity contribution in [1.29, 1.82) is 5.26 Å². The molecule has 0 amide bonds. The van der Waals surface area contributed by atoms with E-state index in [9.17, 15) is 5.26 Å². The molecule has 4 heteroatoms. The molecule has 0 aromatic carbocycles. The number of thioether (sulfide) groups is 1. The summed E-state index contributed by atoms with van der Waals surface area (Å²) in [5.41, 5.74) is -0.232. The first-order valence-corrected chi connectivity index (χ1v) is 7.62. The summed E-state index contributed by atoms with van der Waals surface area (Å²) in [5, 5.41) is 13.7. The molecule has 2 aliphatic rings. The van der Waals surface area contributed by atoms with Gasteiger partial charge in [0.1, 0.15) is 5.54 Å². The molecule has 2 rings (SSSR count). The molecule has 2 atom stereocenters. The maximum atomic E-state index is 9.46. The Morgan fingerprint density at radius 3 is 2.94 bits per heavy atom.